The Morgan fingerprint density at radius 2 is 1.70 bits per heavy atom. The maximum absolute atomic E-state index is 13.1. The van der Waals surface area contributed by atoms with Gasteiger partial charge in [0.25, 0.3) is 5.91 Å². The van der Waals surface area contributed by atoms with Crippen molar-refractivity contribution in [3.63, 3.8) is 0 Å². The third-order valence-corrected chi connectivity index (χ3v) is 5.11. The Morgan fingerprint density at radius 3 is 2.30 bits per heavy atom. The molecule has 0 saturated heterocycles. The van der Waals surface area contributed by atoms with Gasteiger partial charge in [0, 0.05) is 23.2 Å². The molecule has 0 unspecified atom stereocenters. The second-order valence-corrected chi connectivity index (χ2v) is 8.06. The minimum absolute atomic E-state index is 0.0549. The number of methoxy groups -OCH3 is 1. The van der Waals surface area contributed by atoms with Crippen LogP contribution in [0.25, 0.3) is 22.4 Å². The van der Waals surface area contributed by atoms with Gasteiger partial charge in [-0.2, -0.15) is 5.10 Å². The van der Waals surface area contributed by atoms with Gasteiger partial charge in [-0.15, -0.1) is 0 Å². The molecule has 0 fully saturated rings. The Bertz CT molecular complexity index is 1170. The number of carbonyl (C=O) groups is 2. The highest BCUT2D eigenvalue weighted by atomic mass is 16.5. The predicted octanol–water partition coefficient (Wildman–Crippen LogP) is 3.11. The second-order valence-electron chi connectivity index (χ2n) is 8.06. The molecule has 33 heavy (non-hydrogen) atoms. The Kier molecular flexibility index (Phi) is 6.91. The van der Waals surface area contributed by atoms with Gasteiger partial charge >= 0.3 is 0 Å². The normalized spacial score (nSPS) is 11.8. The van der Waals surface area contributed by atoms with Gasteiger partial charge in [-0.05, 0) is 57.0 Å². The van der Waals surface area contributed by atoms with Crippen LogP contribution >= 0.6 is 0 Å². The number of carbonyl (C=O) groups excluding carboxylic acids is 2. The average molecular weight is 453 g/mol. The van der Waals surface area contributed by atoms with Crippen LogP contribution in [0, 0.1) is 6.92 Å². The zero-order chi connectivity index (χ0) is 24.3. The van der Waals surface area contributed by atoms with Crippen molar-refractivity contribution >= 4 is 11.8 Å². The van der Waals surface area contributed by atoms with Crippen molar-refractivity contribution in [3.05, 3.63) is 47.7 Å². The molecule has 3 aromatic rings. The number of aryl methyl sites for hydroxylation is 1. The van der Waals surface area contributed by atoms with Crippen LogP contribution in [0.15, 0.2) is 36.4 Å². The molecule has 1 heterocycles. The molecule has 9 nitrogen and oxygen atoms in total. The molecule has 0 aliphatic rings. The van der Waals surface area contributed by atoms with E-state index in [2.05, 4.69) is 20.8 Å². The van der Waals surface area contributed by atoms with Crippen molar-refractivity contribution in [2.24, 2.45) is 0 Å². The predicted molar refractivity (Wildman–Crippen MR) is 124 cm³/mol. The molecule has 0 saturated carbocycles. The first-order valence-corrected chi connectivity index (χ1v) is 10.5. The number of nitrogens with zero attached hydrogens (tertiary/aromatic N) is 1. The number of phenolic OH excluding ortho intramolecular Hbond substituents is 2. The van der Waals surface area contributed by atoms with Gasteiger partial charge in [-0.25, -0.2) is 0 Å². The zero-order valence-electron chi connectivity index (χ0n) is 19.2. The molecular weight excluding hydrogens is 424 g/mol. The molecular formula is C24H28N4O5. The van der Waals surface area contributed by atoms with Gasteiger partial charge in [-0.3, -0.25) is 14.7 Å². The quantitative estimate of drug-likeness (QED) is 0.374. The number of ether oxygens (including phenoxy) is 1. The fraction of sp³-hybridized carbons (Fsp3) is 0.292. The first kappa shape index (κ1) is 23.6. The number of aromatic hydroxyl groups is 2. The molecule has 174 valence electrons. The van der Waals surface area contributed by atoms with Gasteiger partial charge in [0.2, 0.25) is 5.91 Å². The van der Waals surface area contributed by atoms with Gasteiger partial charge in [-0.1, -0.05) is 12.1 Å². The zero-order valence-corrected chi connectivity index (χ0v) is 19.2. The van der Waals surface area contributed by atoms with E-state index in [0.29, 0.717) is 33.7 Å². The summed E-state index contributed by atoms with van der Waals surface area (Å²) in [4.78, 5) is 25.4. The van der Waals surface area contributed by atoms with Crippen molar-refractivity contribution in [2.45, 2.75) is 39.8 Å². The summed E-state index contributed by atoms with van der Waals surface area (Å²) in [6, 6.07) is 9.00. The first-order chi connectivity index (χ1) is 15.6. The van der Waals surface area contributed by atoms with Crippen LogP contribution in [0.2, 0.25) is 0 Å². The molecule has 0 spiro atoms. The Balaban J connectivity index is 2.08. The topological polar surface area (TPSA) is 137 Å². The molecule has 2 amide bonds. The number of aromatic amines is 1. The molecule has 1 atom stereocenters. The van der Waals surface area contributed by atoms with E-state index in [1.807, 2.05) is 13.8 Å². The van der Waals surface area contributed by atoms with Crippen molar-refractivity contribution in [1.82, 2.24) is 20.8 Å². The molecule has 9 heteroatoms. The summed E-state index contributed by atoms with van der Waals surface area (Å²) in [5.41, 5.74) is 2.42. The lowest BCUT2D eigenvalue weighted by atomic mass is 9.96. The van der Waals surface area contributed by atoms with Crippen LogP contribution in [0.1, 0.15) is 36.8 Å². The molecule has 1 aromatic heterocycles. The smallest absolute Gasteiger partial charge is 0.270 e. The monoisotopic (exact) mass is 452 g/mol. The van der Waals surface area contributed by atoms with E-state index < -0.39 is 11.9 Å². The maximum Gasteiger partial charge on any atom is 0.270 e. The van der Waals surface area contributed by atoms with Crippen molar-refractivity contribution < 1.29 is 24.5 Å². The molecule has 2 aromatic carbocycles. The van der Waals surface area contributed by atoms with Crippen LogP contribution in [0.3, 0.4) is 0 Å². The number of amides is 2. The summed E-state index contributed by atoms with van der Waals surface area (Å²) in [7, 11) is 1.55. The number of rotatable bonds is 7. The van der Waals surface area contributed by atoms with Crippen molar-refractivity contribution in [2.75, 3.05) is 7.11 Å². The summed E-state index contributed by atoms with van der Waals surface area (Å²) in [6.45, 7) is 6.96. The lowest BCUT2D eigenvalue weighted by Crippen LogP contribution is -2.46. The lowest BCUT2D eigenvalue weighted by molar-refractivity contribution is -0.123. The van der Waals surface area contributed by atoms with E-state index in [1.54, 1.807) is 51.3 Å². The van der Waals surface area contributed by atoms with Gasteiger partial charge in [0.15, 0.2) is 0 Å². The standard InChI is InChI=1S/C24H28N4O5/c1-12(2)25-23(31)14(4)26-24(32)22-20(15-6-8-16(33-5)9-7-15)21(27-28-22)17-10-13(3)18(29)11-19(17)30/h6-12,14,29-30H,1-5H3,(H,25,31)(H,26,32)(H,27,28)/t14-/m1/s1. The number of H-pyrrole nitrogens is 1. The van der Waals surface area contributed by atoms with Gasteiger partial charge in [0.05, 0.1) is 7.11 Å². The third-order valence-electron chi connectivity index (χ3n) is 5.11. The summed E-state index contributed by atoms with van der Waals surface area (Å²) in [5.74, 6) is -0.439. The number of nitrogens with one attached hydrogen (secondary N) is 3. The molecule has 5 N–H and O–H groups in total. The van der Waals surface area contributed by atoms with Crippen LogP contribution in [0.5, 0.6) is 17.2 Å². The lowest BCUT2D eigenvalue weighted by Gasteiger charge is -2.16. The van der Waals surface area contributed by atoms with Crippen molar-refractivity contribution in [3.8, 4) is 39.6 Å². The van der Waals surface area contributed by atoms with E-state index in [4.69, 9.17) is 4.74 Å². The highest BCUT2D eigenvalue weighted by Gasteiger charge is 2.26. The van der Waals surface area contributed by atoms with E-state index in [1.165, 1.54) is 6.07 Å². The van der Waals surface area contributed by atoms with Gasteiger partial charge < -0.3 is 25.6 Å². The molecule has 3 rings (SSSR count). The number of benzene rings is 2. The number of aromatic nitrogens is 2. The Hall–Kier alpha value is -4.01. The van der Waals surface area contributed by atoms with Crippen molar-refractivity contribution in [1.29, 1.82) is 0 Å². The SMILES string of the molecule is COc1ccc(-c2c(-c3cc(C)c(O)cc3O)n[nH]c2C(=O)N[C@H](C)C(=O)NC(C)C)cc1. The van der Waals surface area contributed by atoms with E-state index >= 15 is 0 Å². The van der Waals surface area contributed by atoms with Crippen LogP contribution in [-0.4, -0.2) is 51.4 Å². The fourth-order valence-corrected chi connectivity index (χ4v) is 3.36. The Morgan fingerprint density at radius 1 is 1.03 bits per heavy atom. The minimum Gasteiger partial charge on any atom is -0.508 e. The summed E-state index contributed by atoms with van der Waals surface area (Å²) in [5, 5.41) is 32.9. The first-order valence-electron chi connectivity index (χ1n) is 10.5. The van der Waals surface area contributed by atoms with Crippen LogP contribution in [-0.2, 0) is 4.79 Å². The highest BCUT2D eigenvalue weighted by molar-refractivity contribution is 6.04. The highest BCUT2D eigenvalue weighted by Crippen LogP contribution is 2.40. The van der Waals surface area contributed by atoms with E-state index in [9.17, 15) is 19.8 Å². The Labute approximate surface area is 191 Å². The summed E-state index contributed by atoms with van der Waals surface area (Å²) < 4.78 is 5.22. The van der Waals surface area contributed by atoms with Gasteiger partial charge in [0.1, 0.15) is 34.7 Å². The fourth-order valence-electron chi connectivity index (χ4n) is 3.36. The maximum atomic E-state index is 13.1. The largest absolute Gasteiger partial charge is 0.508 e. The number of hydrogen-bond acceptors (Lipinski definition) is 6. The van der Waals surface area contributed by atoms with E-state index in [-0.39, 0.29) is 29.1 Å². The number of hydrogen-bond donors (Lipinski definition) is 5. The van der Waals surface area contributed by atoms with E-state index in [0.717, 1.165) is 0 Å². The number of phenols is 2. The third kappa shape index (κ3) is 5.08. The minimum atomic E-state index is -0.778. The molecule has 0 aliphatic heterocycles. The molecule has 0 aliphatic carbocycles. The average Bonchev–Trinajstić information content (AvgIpc) is 3.20. The second kappa shape index (κ2) is 9.64. The molecule has 0 bridgehead atoms. The van der Waals surface area contributed by atoms with Crippen LogP contribution in [0.4, 0.5) is 0 Å². The van der Waals surface area contributed by atoms with Crippen LogP contribution < -0.4 is 15.4 Å². The summed E-state index contributed by atoms with van der Waals surface area (Å²) in [6.07, 6.45) is 0. The molecule has 0 radical (unpaired) electrons. The summed E-state index contributed by atoms with van der Waals surface area (Å²) >= 11 is 0.